The molecule has 0 bridgehead atoms. The number of aliphatic hydroxyl groups is 5. The molecule has 6 N–H and O–H groups in total. The molecular weight excluding hydrogens is 597 g/mol. The lowest BCUT2D eigenvalue weighted by Crippen LogP contribution is -2.43. The zero-order valence-electron chi connectivity index (χ0n) is 22.5. The Morgan fingerprint density at radius 3 is 2.28 bits per heavy atom. The number of hydrogen-bond donors (Lipinski definition) is 6. The van der Waals surface area contributed by atoms with Crippen LogP contribution in [-0.4, -0.2) is 75.0 Å². The van der Waals surface area contributed by atoms with Gasteiger partial charge in [0.05, 0.1) is 17.7 Å². The summed E-state index contributed by atoms with van der Waals surface area (Å²) in [6, 6.07) is 14.5. The highest BCUT2D eigenvalue weighted by atomic mass is 35.5. The van der Waals surface area contributed by atoms with Crippen LogP contribution >= 0.6 is 23.2 Å². The smallest absolute Gasteiger partial charge is 0.270 e. The highest BCUT2D eigenvalue weighted by molar-refractivity contribution is 6.31. The molecule has 0 unspecified atom stereocenters. The molecule has 0 aliphatic heterocycles. The highest BCUT2D eigenvalue weighted by Gasteiger charge is 2.35. The van der Waals surface area contributed by atoms with Crippen molar-refractivity contribution in [1.82, 2.24) is 24.6 Å². The number of aromatic nitrogens is 5. The molecule has 3 heterocycles. The van der Waals surface area contributed by atoms with Crippen molar-refractivity contribution < 1.29 is 25.5 Å². The van der Waals surface area contributed by atoms with Gasteiger partial charge in [-0.15, -0.1) is 0 Å². The fraction of sp³-hybridized carbons (Fsp3) is 0.267. The Morgan fingerprint density at radius 1 is 0.930 bits per heavy atom. The first-order valence-electron chi connectivity index (χ1n) is 13.6. The molecule has 3 aromatic heterocycles. The van der Waals surface area contributed by atoms with E-state index in [4.69, 9.17) is 33.3 Å². The van der Waals surface area contributed by atoms with Gasteiger partial charge in [0.15, 0.2) is 11.5 Å². The number of benzene rings is 2. The second kappa shape index (κ2) is 11.8. The first-order valence-corrected chi connectivity index (χ1v) is 14.3. The van der Waals surface area contributed by atoms with Crippen LogP contribution in [0.5, 0.6) is 0 Å². The molecule has 1 aliphatic rings. The number of pyridine rings is 1. The Balaban J connectivity index is 1.61. The molecule has 0 spiro atoms. The highest BCUT2D eigenvalue weighted by Crippen LogP contribution is 2.40. The Morgan fingerprint density at radius 2 is 1.60 bits per heavy atom. The molecule has 11 nitrogen and oxygen atoms in total. The van der Waals surface area contributed by atoms with Crippen LogP contribution in [0, 0.1) is 0 Å². The maximum atomic E-state index is 14.2. The standard InChI is InChI=1S/C30H27Cl2N5O6/c31-17-8-4-14(5-9-17)12-16-2-1-3-19-21(15-6-10-18(32)11-7-15)22-27(33-23(16)19)34-30-36-35-28(37(30)29(22)43)26(42)25(41)24(40)20(39)13-38/h4-12,20,24-26,38-42H,1-3,13H2,(H,33,34,36)/b16-12+/t20-,24-,25+,26+/m1/s1. The third kappa shape index (κ3) is 5.34. The molecule has 0 radical (unpaired) electrons. The van der Waals surface area contributed by atoms with Gasteiger partial charge in [-0.1, -0.05) is 47.5 Å². The minimum atomic E-state index is -1.98. The predicted octanol–water partition coefficient (Wildman–Crippen LogP) is 2.92. The second-order valence-corrected chi connectivity index (χ2v) is 11.3. The number of allylic oxidation sites excluding steroid dienone is 1. The third-order valence-corrected chi connectivity index (χ3v) is 8.16. The average molecular weight is 624 g/mol. The quantitative estimate of drug-likeness (QED) is 0.159. The molecule has 4 atom stereocenters. The van der Waals surface area contributed by atoms with E-state index in [0.29, 0.717) is 33.3 Å². The van der Waals surface area contributed by atoms with Gasteiger partial charge in [0.2, 0.25) is 5.78 Å². The van der Waals surface area contributed by atoms with E-state index in [1.807, 2.05) is 42.5 Å². The summed E-state index contributed by atoms with van der Waals surface area (Å²) in [5.41, 5.74) is 4.36. The Hall–Kier alpha value is -3.68. The number of aromatic amines is 1. The van der Waals surface area contributed by atoms with Gasteiger partial charge in [0, 0.05) is 15.6 Å². The minimum absolute atomic E-state index is 0.0514. The van der Waals surface area contributed by atoms with E-state index in [9.17, 15) is 25.2 Å². The lowest BCUT2D eigenvalue weighted by atomic mass is 9.84. The van der Waals surface area contributed by atoms with Crippen molar-refractivity contribution in [2.75, 3.05) is 6.61 Å². The molecular formula is C30H27Cl2N5O6. The van der Waals surface area contributed by atoms with Gasteiger partial charge < -0.3 is 25.5 Å². The van der Waals surface area contributed by atoms with Gasteiger partial charge in [0.1, 0.15) is 24.4 Å². The number of halogens is 2. The summed E-state index contributed by atoms with van der Waals surface area (Å²) in [6.07, 6.45) is -3.29. The average Bonchev–Trinajstić information content (AvgIpc) is 3.44. The summed E-state index contributed by atoms with van der Waals surface area (Å²) >= 11 is 12.3. The van der Waals surface area contributed by atoms with Gasteiger partial charge in [-0.25, -0.2) is 14.5 Å². The van der Waals surface area contributed by atoms with Crippen LogP contribution in [0.2, 0.25) is 10.0 Å². The molecule has 6 rings (SSSR count). The predicted molar refractivity (Wildman–Crippen MR) is 162 cm³/mol. The van der Waals surface area contributed by atoms with E-state index in [0.717, 1.165) is 33.9 Å². The molecule has 1 aliphatic carbocycles. The Kier molecular flexibility index (Phi) is 8.05. The van der Waals surface area contributed by atoms with Gasteiger partial charge in [-0.05, 0) is 71.9 Å². The monoisotopic (exact) mass is 623 g/mol. The largest absolute Gasteiger partial charge is 0.394 e. The van der Waals surface area contributed by atoms with Crippen LogP contribution in [0.3, 0.4) is 0 Å². The summed E-state index contributed by atoms with van der Waals surface area (Å²) in [4.78, 5) is 23.7. The number of nitrogens with zero attached hydrogens (tertiary/aromatic N) is 4. The van der Waals surface area contributed by atoms with E-state index < -0.39 is 36.6 Å². The lowest BCUT2D eigenvalue weighted by Gasteiger charge is -2.25. The van der Waals surface area contributed by atoms with Crippen molar-refractivity contribution in [3.63, 3.8) is 0 Å². The molecule has 222 valence electrons. The first-order chi connectivity index (χ1) is 20.7. The number of fused-ring (bicyclic) bond motifs is 3. The summed E-state index contributed by atoms with van der Waals surface area (Å²) in [5, 5.41) is 58.4. The Labute approximate surface area is 254 Å². The molecule has 0 saturated heterocycles. The number of hydrogen-bond acceptors (Lipinski definition) is 9. The van der Waals surface area contributed by atoms with Crippen LogP contribution in [-0.2, 0) is 6.42 Å². The SMILES string of the molecule is O=c1c2c(-c3ccc(Cl)cc3)c3c(nc2nc2[nH]nc([C@@H](O)[C@@H](O)[C@H](O)[C@H](O)CO)n12)/C(=C/c1ccc(Cl)cc1)CCC3. The van der Waals surface area contributed by atoms with Gasteiger partial charge in [-0.2, -0.15) is 10.1 Å². The van der Waals surface area contributed by atoms with Crippen LogP contribution in [0.4, 0.5) is 0 Å². The summed E-state index contributed by atoms with van der Waals surface area (Å²) < 4.78 is 1.01. The summed E-state index contributed by atoms with van der Waals surface area (Å²) in [5.74, 6) is -0.390. The van der Waals surface area contributed by atoms with Crippen molar-refractivity contribution in [1.29, 1.82) is 0 Å². The van der Waals surface area contributed by atoms with Gasteiger partial charge >= 0.3 is 0 Å². The van der Waals surface area contributed by atoms with Crippen LogP contribution < -0.4 is 5.56 Å². The molecule has 0 amide bonds. The Bertz CT molecular complexity index is 1910. The number of H-pyrrole nitrogens is 1. The van der Waals surface area contributed by atoms with Crippen LogP contribution in [0.25, 0.3) is 39.6 Å². The third-order valence-electron chi connectivity index (χ3n) is 7.66. The fourth-order valence-electron chi connectivity index (χ4n) is 5.49. The lowest BCUT2D eigenvalue weighted by molar-refractivity contribution is -0.118. The maximum absolute atomic E-state index is 14.2. The van der Waals surface area contributed by atoms with Crippen molar-refractivity contribution >= 4 is 51.7 Å². The minimum Gasteiger partial charge on any atom is -0.394 e. The van der Waals surface area contributed by atoms with E-state index in [1.54, 1.807) is 12.1 Å². The van der Waals surface area contributed by atoms with Crippen molar-refractivity contribution in [3.05, 3.63) is 91.6 Å². The van der Waals surface area contributed by atoms with Crippen molar-refractivity contribution in [2.24, 2.45) is 0 Å². The zero-order valence-corrected chi connectivity index (χ0v) is 24.0. The van der Waals surface area contributed by atoms with Crippen molar-refractivity contribution in [3.8, 4) is 11.1 Å². The summed E-state index contributed by atoms with van der Waals surface area (Å²) in [7, 11) is 0. The first kappa shape index (κ1) is 29.4. The maximum Gasteiger partial charge on any atom is 0.270 e. The van der Waals surface area contributed by atoms with E-state index >= 15 is 0 Å². The molecule has 0 fully saturated rings. The van der Waals surface area contributed by atoms with Crippen molar-refractivity contribution in [2.45, 2.75) is 43.7 Å². The molecule has 43 heavy (non-hydrogen) atoms. The van der Waals surface area contributed by atoms with Crippen LogP contribution in [0.15, 0.2) is 53.3 Å². The number of nitrogens with one attached hydrogen (secondary N) is 1. The molecule has 0 saturated carbocycles. The molecule has 5 aromatic rings. The van der Waals surface area contributed by atoms with E-state index in [-0.39, 0.29) is 22.6 Å². The second-order valence-electron chi connectivity index (χ2n) is 10.4. The number of aliphatic hydroxyl groups excluding tert-OH is 5. The van der Waals surface area contributed by atoms with Gasteiger partial charge in [-0.3, -0.25) is 4.79 Å². The fourth-order valence-corrected chi connectivity index (χ4v) is 5.74. The normalized spacial score (nSPS) is 17.2. The summed E-state index contributed by atoms with van der Waals surface area (Å²) in [6.45, 7) is -0.853. The molecule has 13 heteroatoms. The topological polar surface area (TPSA) is 177 Å². The number of rotatable bonds is 7. The molecule has 2 aromatic carbocycles. The van der Waals surface area contributed by atoms with E-state index in [1.165, 1.54) is 0 Å². The zero-order chi connectivity index (χ0) is 30.4. The van der Waals surface area contributed by atoms with E-state index in [2.05, 4.69) is 15.2 Å². The van der Waals surface area contributed by atoms with Gasteiger partial charge in [0.25, 0.3) is 5.56 Å². The van der Waals surface area contributed by atoms with Crippen LogP contribution in [0.1, 0.15) is 41.6 Å².